The zero-order valence-electron chi connectivity index (χ0n) is 25.0. The lowest BCUT2D eigenvalue weighted by atomic mass is 9.80. The van der Waals surface area contributed by atoms with E-state index in [4.69, 9.17) is 19.8 Å². The van der Waals surface area contributed by atoms with E-state index in [1.165, 1.54) is 11.8 Å². The molecule has 1 amide bonds. The molecule has 246 valence electrons. The number of aromatic nitrogens is 2. The number of alkyl halides is 6. The predicted octanol–water partition coefficient (Wildman–Crippen LogP) is 7.58. The number of anilines is 1. The lowest BCUT2D eigenvalue weighted by Gasteiger charge is -2.32. The molecule has 2 saturated carbocycles. The molecule has 3 aliphatic rings. The van der Waals surface area contributed by atoms with Gasteiger partial charge in [0.15, 0.2) is 5.82 Å². The molecule has 8 nitrogen and oxygen atoms in total. The van der Waals surface area contributed by atoms with Gasteiger partial charge in [-0.05, 0) is 81.0 Å². The number of carbonyl (C=O) groups is 2. The van der Waals surface area contributed by atoms with Gasteiger partial charge in [-0.25, -0.2) is 9.78 Å². The maximum Gasteiger partial charge on any atom is 0.416 e. The summed E-state index contributed by atoms with van der Waals surface area (Å²) in [7, 11) is 1.86. The number of rotatable bonds is 9. The Bertz CT molecular complexity index is 1370. The van der Waals surface area contributed by atoms with Gasteiger partial charge in [-0.2, -0.15) is 26.3 Å². The predicted molar refractivity (Wildman–Crippen MR) is 150 cm³/mol. The fourth-order valence-electron chi connectivity index (χ4n) is 6.57. The van der Waals surface area contributed by atoms with Crippen LogP contribution >= 0.6 is 0 Å². The minimum atomic E-state index is -5.03. The fraction of sp³-hybridized carbons (Fsp3) is 0.613. The number of amides is 1. The Morgan fingerprint density at radius 3 is 2.13 bits per heavy atom. The number of carboxylic acid groups (broad SMARTS) is 1. The summed E-state index contributed by atoms with van der Waals surface area (Å²) in [6.45, 7) is 2.04. The van der Waals surface area contributed by atoms with E-state index in [9.17, 15) is 35.9 Å². The Balaban J connectivity index is 1.38. The molecule has 0 bridgehead atoms. The highest BCUT2D eigenvalue weighted by Gasteiger charge is 2.44. The van der Waals surface area contributed by atoms with E-state index < -0.39 is 53.3 Å². The topological polar surface area (TPSA) is 95.9 Å². The number of nitrogens with zero attached hydrogens (tertiary/aromatic N) is 4. The van der Waals surface area contributed by atoms with Crippen molar-refractivity contribution in [2.24, 2.45) is 11.8 Å². The maximum absolute atomic E-state index is 13.5. The Labute approximate surface area is 256 Å². The number of carboxylic acids is 1. The van der Waals surface area contributed by atoms with Crippen molar-refractivity contribution in [1.29, 1.82) is 0 Å². The van der Waals surface area contributed by atoms with Crippen LogP contribution in [0.5, 0.6) is 0 Å². The Morgan fingerprint density at radius 1 is 1.00 bits per heavy atom. The molecule has 5 rings (SSSR count). The van der Waals surface area contributed by atoms with E-state index in [0.29, 0.717) is 36.1 Å². The van der Waals surface area contributed by atoms with Crippen LogP contribution < -0.4 is 4.90 Å². The number of hydrogen-bond acceptors (Lipinski definition) is 6. The van der Waals surface area contributed by atoms with E-state index in [1.54, 1.807) is 6.20 Å². The summed E-state index contributed by atoms with van der Waals surface area (Å²) in [6, 6.07) is 0.327. The second-order valence-electron chi connectivity index (χ2n) is 12.6. The van der Waals surface area contributed by atoms with Gasteiger partial charge in [0.05, 0.1) is 35.6 Å². The molecule has 1 saturated heterocycles. The number of benzene rings is 1. The molecule has 1 aliphatic heterocycles. The number of ether oxygens (including phenoxy) is 1. The van der Waals surface area contributed by atoms with E-state index in [2.05, 4.69) is 0 Å². The molecule has 0 radical (unpaired) electrons. The molecular formula is C31H36F6N4O4. The van der Waals surface area contributed by atoms with Gasteiger partial charge in [0, 0.05) is 25.9 Å². The van der Waals surface area contributed by atoms with Crippen LogP contribution in [0, 0.1) is 11.8 Å². The van der Waals surface area contributed by atoms with Crippen molar-refractivity contribution in [2.45, 2.75) is 95.3 Å². The Morgan fingerprint density at radius 2 is 1.60 bits per heavy atom. The molecule has 2 aliphatic carbocycles. The lowest BCUT2D eigenvalue weighted by Crippen LogP contribution is -2.34. The van der Waals surface area contributed by atoms with Crippen molar-refractivity contribution < 1.29 is 45.8 Å². The largest absolute Gasteiger partial charge is 0.481 e. The first-order valence-electron chi connectivity index (χ1n) is 15.2. The van der Waals surface area contributed by atoms with Crippen molar-refractivity contribution in [3.63, 3.8) is 0 Å². The molecule has 2 heterocycles. The quantitative estimate of drug-likeness (QED) is 0.282. The molecule has 2 atom stereocenters. The molecule has 0 unspecified atom stereocenters. The van der Waals surface area contributed by atoms with Crippen LogP contribution in [-0.4, -0.2) is 51.7 Å². The molecule has 0 spiro atoms. The van der Waals surface area contributed by atoms with Gasteiger partial charge in [0.2, 0.25) is 0 Å². The zero-order chi connectivity index (χ0) is 32.7. The average molecular weight is 643 g/mol. The third-order valence-corrected chi connectivity index (χ3v) is 9.34. The molecular weight excluding hydrogens is 606 g/mol. The number of aliphatic carboxylic acids is 1. The highest BCUT2D eigenvalue weighted by molar-refractivity contribution is 5.71. The molecule has 1 N–H and O–H groups in total. The minimum Gasteiger partial charge on any atom is -0.481 e. The van der Waals surface area contributed by atoms with Crippen molar-refractivity contribution in [3.05, 3.63) is 52.5 Å². The number of halogens is 6. The summed E-state index contributed by atoms with van der Waals surface area (Å²) in [5.74, 6) is 0.396. The van der Waals surface area contributed by atoms with Crippen LogP contribution in [0.15, 0.2) is 24.4 Å². The summed E-state index contributed by atoms with van der Waals surface area (Å²) in [5.41, 5.74) is -2.12. The van der Waals surface area contributed by atoms with Gasteiger partial charge >= 0.3 is 24.4 Å². The molecule has 45 heavy (non-hydrogen) atoms. The molecule has 14 heteroatoms. The van der Waals surface area contributed by atoms with Gasteiger partial charge < -0.3 is 14.7 Å². The maximum atomic E-state index is 13.5. The summed E-state index contributed by atoms with van der Waals surface area (Å²) in [4.78, 5) is 37.0. The highest BCUT2D eigenvalue weighted by Crippen LogP contribution is 2.42. The Hall–Kier alpha value is -3.58. The van der Waals surface area contributed by atoms with Crippen molar-refractivity contribution in [1.82, 2.24) is 14.9 Å². The van der Waals surface area contributed by atoms with Crippen LogP contribution in [0.3, 0.4) is 0 Å². The SMILES string of the molecule is C[C@H]1[C@@H](c2cc(C(F)(F)F)cc(C(F)(F)F)c2)OC(=O)N1Cc1nc(C2CCC2)cnc1N(C)CC1CCC(CC(=O)O)CC1. The average Bonchev–Trinajstić information content (AvgIpc) is 3.20. The summed E-state index contributed by atoms with van der Waals surface area (Å²) >= 11 is 0. The molecule has 2 aromatic rings. The van der Waals surface area contributed by atoms with Crippen LogP contribution in [0.4, 0.5) is 37.0 Å². The molecule has 3 fully saturated rings. The first-order chi connectivity index (χ1) is 21.1. The molecule has 1 aromatic heterocycles. The third-order valence-electron chi connectivity index (χ3n) is 9.34. The number of carbonyl (C=O) groups excluding carboxylic acids is 1. The van der Waals surface area contributed by atoms with E-state index in [-0.39, 0.29) is 30.9 Å². The summed E-state index contributed by atoms with van der Waals surface area (Å²) in [6.07, 6.45) is -4.13. The monoisotopic (exact) mass is 642 g/mol. The van der Waals surface area contributed by atoms with Crippen LogP contribution in [0.2, 0.25) is 0 Å². The van der Waals surface area contributed by atoms with Gasteiger partial charge in [0.1, 0.15) is 11.8 Å². The lowest BCUT2D eigenvalue weighted by molar-refractivity contribution is -0.143. The van der Waals surface area contributed by atoms with E-state index in [0.717, 1.165) is 50.6 Å². The van der Waals surface area contributed by atoms with Crippen molar-refractivity contribution >= 4 is 17.9 Å². The summed E-state index contributed by atoms with van der Waals surface area (Å²) in [5, 5.41) is 9.11. The zero-order valence-corrected chi connectivity index (χ0v) is 25.0. The standard InChI is InChI=1S/C31H36F6N4O4/c1-17-27(21-11-22(30(32,33)34)13-23(12-21)31(35,36)37)45-29(44)41(17)16-25-28(38-14-24(39-25)20-4-3-5-20)40(2)15-19-8-6-18(7-9-19)10-26(42)43/h11-14,17-20,27H,3-10,15-16H2,1-2H3,(H,42,43)/t17-,18?,19?,27-/m0/s1. The van der Waals surface area contributed by atoms with Crippen LogP contribution in [0.25, 0.3) is 0 Å². The van der Waals surface area contributed by atoms with Crippen LogP contribution in [-0.2, 0) is 28.4 Å². The number of hydrogen-bond donors (Lipinski definition) is 1. The van der Waals surface area contributed by atoms with Crippen molar-refractivity contribution in [2.75, 3.05) is 18.5 Å². The minimum absolute atomic E-state index is 0.0466. The van der Waals surface area contributed by atoms with E-state index >= 15 is 0 Å². The third kappa shape index (κ3) is 7.46. The van der Waals surface area contributed by atoms with Gasteiger partial charge in [-0.15, -0.1) is 0 Å². The first kappa shape index (κ1) is 32.8. The van der Waals surface area contributed by atoms with Crippen LogP contribution in [0.1, 0.15) is 98.4 Å². The van der Waals surface area contributed by atoms with Gasteiger partial charge in [-0.1, -0.05) is 6.42 Å². The fourth-order valence-corrected chi connectivity index (χ4v) is 6.57. The normalized spacial score (nSPS) is 24.4. The van der Waals surface area contributed by atoms with E-state index in [1.807, 2.05) is 11.9 Å². The second kappa shape index (κ2) is 12.7. The number of cyclic esters (lactones) is 1. The van der Waals surface area contributed by atoms with Gasteiger partial charge in [-0.3, -0.25) is 14.7 Å². The second-order valence-corrected chi connectivity index (χ2v) is 12.6. The first-order valence-corrected chi connectivity index (χ1v) is 15.2. The smallest absolute Gasteiger partial charge is 0.416 e. The summed E-state index contributed by atoms with van der Waals surface area (Å²) < 4.78 is 86.6. The Kier molecular flexibility index (Phi) is 9.23. The molecule has 1 aromatic carbocycles. The van der Waals surface area contributed by atoms with Crippen molar-refractivity contribution in [3.8, 4) is 0 Å². The highest BCUT2D eigenvalue weighted by atomic mass is 19.4. The van der Waals surface area contributed by atoms with Gasteiger partial charge in [0.25, 0.3) is 0 Å².